The minimum Gasteiger partial charge on any atom is -0.352 e. The molecule has 1 saturated carbocycles. The largest absolute Gasteiger partial charge is 0.352 e. The van der Waals surface area contributed by atoms with Crippen LogP contribution in [0.2, 0.25) is 5.02 Å². The van der Waals surface area contributed by atoms with Crippen molar-refractivity contribution in [2.45, 2.75) is 63.6 Å². The van der Waals surface area contributed by atoms with E-state index in [0.717, 1.165) is 53.1 Å². The van der Waals surface area contributed by atoms with Crippen molar-refractivity contribution in [2.24, 2.45) is 0 Å². The van der Waals surface area contributed by atoms with Gasteiger partial charge in [0.15, 0.2) is 0 Å². The molecule has 200 valence electrons. The second kappa shape index (κ2) is 12.9. The van der Waals surface area contributed by atoms with Crippen molar-refractivity contribution in [1.82, 2.24) is 10.2 Å². The normalized spacial score (nSPS) is 14.3. The van der Waals surface area contributed by atoms with E-state index in [1.54, 1.807) is 4.90 Å². The fourth-order valence-electron chi connectivity index (χ4n) is 5.63. The zero-order valence-corrected chi connectivity index (χ0v) is 22.9. The highest BCUT2D eigenvalue weighted by molar-refractivity contribution is 6.31. The average Bonchev–Trinajstić information content (AvgIpc) is 3.48. The lowest BCUT2D eigenvalue weighted by Gasteiger charge is -2.32. The Balaban J connectivity index is 1.44. The number of nitrogens with one attached hydrogen (secondary N) is 1. The molecule has 0 unspecified atom stereocenters. The average molecular weight is 539 g/mol. The van der Waals surface area contributed by atoms with E-state index >= 15 is 0 Å². The number of hydrogen-bond acceptors (Lipinski definition) is 2. The Morgan fingerprint density at radius 1 is 0.821 bits per heavy atom. The summed E-state index contributed by atoms with van der Waals surface area (Å²) in [6.45, 7) is 0.281. The molecule has 0 saturated heterocycles. The number of benzene rings is 4. The van der Waals surface area contributed by atoms with E-state index in [-0.39, 0.29) is 24.4 Å². The van der Waals surface area contributed by atoms with Gasteiger partial charge in [0.2, 0.25) is 11.8 Å². The third kappa shape index (κ3) is 6.88. The number of amides is 2. The van der Waals surface area contributed by atoms with Gasteiger partial charge in [-0.2, -0.15) is 0 Å². The smallest absolute Gasteiger partial charge is 0.243 e. The number of hydrogen-bond donors (Lipinski definition) is 1. The van der Waals surface area contributed by atoms with Gasteiger partial charge >= 0.3 is 0 Å². The van der Waals surface area contributed by atoms with E-state index in [2.05, 4.69) is 29.6 Å². The molecule has 0 aliphatic heterocycles. The first-order valence-corrected chi connectivity index (χ1v) is 14.3. The molecule has 1 atom stereocenters. The van der Waals surface area contributed by atoms with Gasteiger partial charge in [-0.3, -0.25) is 9.59 Å². The molecule has 39 heavy (non-hydrogen) atoms. The molecule has 5 heteroatoms. The van der Waals surface area contributed by atoms with Crippen LogP contribution in [0.1, 0.15) is 48.8 Å². The minimum absolute atomic E-state index is 0.0506. The van der Waals surface area contributed by atoms with E-state index in [4.69, 9.17) is 11.6 Å². The summed E-state index contributed by atoms with van der Waals surface area (Å²) in [5.74, 6) is -0.137. The van der Waals surface area contributed by atoms with Crippen LogP contribution in [0.3, 0.4) is 0 Å². The zero-order valence-electron chi connectivity index (χ0n) is 22.2. The molecule has 2 amide bonds. The Hall–Kier alpha value is -3.63. The van der Waals surface area contributed by atoms with E-state index in [1.807, 2.05) is 72.8 Å². The number of rotatable bonds is 10. The summed E-state index contributed by atoms with van der Waals surface area (Å²) >= 11 is 6.55. The van der Waals surface area contributed by atoms with Crippen LogP contribution in [0.25, 0.3) is 10.8 Å². The van der Waals surface area contributed by atoms with Crippen LogP contribution in [-0.2, 0) is 29.0 Å². The predicted octanol–water partition coefficient (Wildman–Crippen LogP) is 7.12. The Morgan fingerprint density at radius 2 is 1.49 bits per heavy atom. The monoisotopic (exact) mass is 538 g/mol. The van der Waals surface area contributed by atoms with Gasteiger partial charge < -0.3 is 10.2 Å². The van der Waals surface area contributed by atoms with Crippen molar-refractivity contribution in [3.05, 3.63) is 119 Å². The maximum Gasteiger partial charge on any atom is 0.243 e. The zero-order chi connectivity index (χ0) is 27.0. The van der Waals surface area contributed by atoms with Crippen molar-refractivity contribution in [3.63, 3.8) is 0 Å². The Bertz CT molecular complexity index is 1410. The molecule has 0 radical (unpaired) electrons. The molecule has 1 N–H and O–H groups in total. The van der Waals surface area contributed by atoms with Gasteiger partial charge in [0.05, 0.1) is 0 Å². The second-order valence-electron chi connectivity index (χ2n) is 10.4. The van der Waals surface area contributed by atoms with Crippen LogP contribution >= 0.6 is 11.6 Å². The second-order valence-corrected chi connectivity index (χ2v) is 10.9. The van der Waals surface area contributed by atoms with Crippen LogP contribution < -0.4 is 5.32 Å². The summed E-state index contributed by atoms with van der Waals surface area (Å²) in [6, 6.07) is 31.5. The van der Waals surface area contributed by atoms with Crippen LogP contribution in [0.15, 0.2) is 97.1 Å². The van der Waals surface area contributed by atoms with E-state index in [1.165, 1.54) is 0 Å². The van der Waals surface area contributed by atoms with Gasteiger partial charge in [0.25, 0.3) is 0 Å². The third-order valence-corrected chi connectivity index (χ3v) is 8.13. The SMILES string of the molecule is O=C(NC1CCCC1)[C@@H](Cc1ccccc1)N(Cc1ccccc1Cl)C(=O)CCc1cccc2ccccc12. The number of nitrogens with zero attached hydrogens (tertiary/aromatic N) is 1. The predicted molar refractivity (Wildman–Crippen MR) is 159 cm³/mol. The van der Waals surface area contributed by atoms with Crippen molar-refractivity contribution >= 4 is 34.2 Å². The lowest BCUT2D eigenvalue weighted by Crippen LogP contribution is -2.52. The number of halogens is 1. The molecule has 1 aliphatic rings. The standard InChI is InChI=1S/C34H35ClN2O2/c35-31-20-9-5-14-28(31)24-37(33(38)22-21-27-16-10-15-26-13-4-8-19-30(26)27)32(23-25-11-2-1-3-12-25)34(39)36-29-17-6-7-18-29/h1-5,8-16,19-20,29,32H,6-7,17-18,21-24H2,(H,36,39)/t32-/m1/s1. The van der Waals surface area contributed by atoms with Crippen molar-refractivity contribution in [2.75, 3.05) is 0 Å². The van der Waals surface area contributed by atoms with Crippen LogP contribution in [0.5, 0.6) is 0 Å². The van der Waals surface area contributed by atoms with Gasteiger partial charge in [-0.25, -0.2) is 0 Å². The van der Waals surface area contributed by atoms with Crippen molar-refractivity contribution in [1.29, 1.82) is 0 Å². The molecule has 4 aromatic rings. The highest BCUT2D eigenvalue weighted by atomic mass is 35.5. The lowest BCUT2D eigenvalue weighted by atomic mass is 9.99. The van der Waals surface area contributed by atoms with Crippen LogP contribution in [0, 0.1) is 0 Å². The molecule has 1 fully saturated rings. The number of aryl methyl sites for hydroxylation is 1. The minimum atomic E-state index is -0.635. The highest BCUT2D eigenvalue weighted by Crippen LogP contribution is 2.24. The van der Waals surface area contributed by atoms with Gasteiger partial charge in [-0.15, -0.1) is 0 Å². The molecule has 4 nitrogen and oxygen atoms in total. The molecule has 1 aliphatic carbocycles. The topological polar surface area (TPSA) is 49.4 Å². The van der Waals surface area contributed by atoms with Gasteiger partial charge in [0.1, 0.15) is 6.04 Å². The number of carbonyl (C=O) groups excluding carboxylic acids is 2. The number of carbonyl (C=O) groups is 2. The van der Waals surface area contributed by atoms with Gasteiger partial charge in [0, 0.05) is 30.5 Å². The summed E-state index contributed by atoms with van der Waals surface area (Å²) < 4.78 is 0. The maximum atomic E-state index is 14.0. The Morgan fingerprint density at radius 3 is 2.28 bits per heavy atom. The molecular formula is C34H35ClN2O2. The van der Waals surface area contributed by atoms with Gasteiger partial charge in [-0.05, 0) is 52.8 Å². The fourth-order valence-corrected chi connectivity index (χ4v) is 5.82. The summed E-state index contributed by atoms with van der Waals surface area (Å²) in [6.07, 6.45) is 5.59. The first-order chi connectivity index (χ1) is 19.1. The van der Waals surface area contributed by atoms with Crippen LogP contribution in [0.4, 0.5) is 0 Å². The molecule has 4 aromatic carbocycles. The fraction of sp³-hybridized carbons (Fsp3) is 0.294. The van der Waals surface area contributed by atoms with Crippen molar-refractivity contribution < 1.29 is 9.59 Å². The summed E-state index contributed by atoms with van der Waals surface area (Å²) in [4.78, 5) is 29.6. The maximum absolute atomic E-state index is 14.0. The quantitative estimate of drug-likeness (QED) is 0.233. The van der Waals surface area contributed by atoms with Gasteiger partial charge in [-0.1, -0.05) is 115 Å². The third-order valence-electron chi connectivity index (χ3n) is 7.76. The lowest BCUT2D eigenvalue weighted by molar-refractivity contribution is -0.141. The molecule has 0 bridgehead atoms. The molecule has 0 spiro atoms. The Labute approximate surface area is 236 Å². The Kier molecular flexibility index (Phi) is 8.95. The van der Waals surface area contributed by atoms with E-state index in [9.17, 15) is 9.59 Å². The summed E-state index contributed by atoms with van der Waals surface area (Å²) in [7, 11) is 0. The first kappa shape index (κ1) is 27.0. The molecular weight excluding hydrogens is 504 g/mol. The highest BCUT2D eigenvalue weighted by Gasteiger charge is 2.32. The van der Waals surface area contributed by atoms with E-state index in [0.29, 0.717) is 24.3 Å². The summed E-state index contributed by atoms with van der Waals surface area (Å²) in [5, 5.41) is 6.18. The van der Waals surface area contributed by atoms with Crippen LogP contribution in [-0.4, -0.2) is 28.8 Å². The van der Waals surface area contributed by atoms with E-state index < -0.39 is 6.04 Å². The first-order valence-electron chi connectivity index (χ1n) is 13.9. The molecule has 5 rings (SSSR count). The number of fused-ring (bicyclic) bond motifs is 1. The molecule has 0 heterocycles. The molecule has 0 aromatic heterocycles. The summed E-state index contributed by atoms with van der Waals surface area (Å²) in [5.41, 5.74) is 2.99. The van der Waals surface area contributed by atoms with Crippen molar-refractivity contribution in [3.8, 4) is 0 Å².